The molecule has 1 N–H and O–H groups in total. The van der Waals surface area contributed by atoms with E-state index in [2.05, 4.69) is 35.9 Å². The van der Waals surface area contributed by atoms with Gasteiger partial charge in [0.2, 0.25) is 0 Å². The summed E-state index contributed by atoms with van der Waals surface area (Å²) in [7, 11) is 0. The second-order valence-corrected chi connectivity index (χ2v) is 7.33. The molecule has 0 bridgehead atoms. The van der Waals surface area contributed by atoms with E-state index in [-0.39, 0.29) is 5.91 Å². The van der Waals surface area contributed by atoms with Crippen molar-refractivity contribution < 1.29 is 9.53 Å². The Morgan fingerprint density at radius 3 is 2.57 bits per heavy atom. The number of fused-ring (bicyclic) bond motifs is 1. The third-order valence-electron chi connectivity index (χ3n) is 5.08. The number of carbonyl (C=O) groups excluding carboxylic acids is 1. The van der Waals surface area contributed by atoms with E-state index in [1.54, 1.807) is 12.1 Å². The summed E-state index contributed by atoms with van der Waals surface area (Å²) in [5.41, 5.74) is 4.93. The molecule has 0 aliphatic rings. The van der Waals surface area contributed by atoms with E-state index in [1.165, 1.54) is 5.56 Å². The van der Waals surface area contributed by atoms with E-state index in [4.69, 9.17) is 9.72 Å². The average Bonchev–Trinajstić information content (AvgIpc) is 3.12. The summed E-state index contributed by atoms with van der Waals surface area (Å²) in [5.74, 6) is 1.59. The van der Waals surface area contributed by atoms with Crippen LogP contribution in [0.25, 0.3) is 11.0 Å². The van der Waals surface area contributed by atoms with Crippen LogP contribution in [0.15, 0.2) is 72.8 Å². The van der Waals surface area contributed by atoms with Gasteiger partial charge in [-0.05, 0) is 49.7 Å². The normalized spacial score (nSPS) is 10.9. The number of ether oxygens (including phenoxy) is 1. The van der Waals surface area contributed by atoms with Gasteiger partial charge >= 0.3 is 0 Å². The first kappa shape index (κ1) is 19.7. The van der Waals surface area contributed by atoms with Crippen LogP contribution in [0.5, 0.6) is 5.75 Å². The predicted molar refractivity (Wildman–Crippen MR) is 119 cm³/mol. The Morgan fingerprint density at radius 1 is 1.00 bits per heavy atom. The number of aryl methyl sites for hydroxylation is 2. The first-order valence-corrected chi connectivity index (χ1v) is 10.1. The number of hydrogen-bond donors (Lipinski definition) is 1. The first-order valence-electron chi connectivity index (χ1n) is 10.1. The monoisotopic (exact) mass is 399 g/mol. The molecule has 0 saturated heterocycles. The van der Waals surface area contributed by atoms with Gasteiger partial charge < -0.3 is 14.6 Å². The molecule has 0 spiro atoms. The van der Waals surface area contributed by atoms with Crippen molar-refractivity contribution in [1.82, 2.24) is 14.9 Å². The number of rotatable bonds is 7. The number of amides is 1. The summed E-state index contributed by atoms with van der Waals surface area (Å²) in [5, 5.41) is 2.98. The third kappa shape index (κ3) is 4.35. The highest BCUT2D eigenvalue weighted by atomic mass is 16.5. The Labute approximate surface area is 176 Å². The zero-order valence-electron chi connectivity index (χ0n) is 17.3. The Balaban J connectivity index is 1.49. The minimum atomic E-state index is -0.110. The highest BCUT2D eigenvalue weighted by Crippen LogP contribution is 2.20. The van der Waals surface area contributed by atoms with E-state index in [9.17, 15) is 4.79 Å². The molecule has 4 aromatic rings. The number of benzene rings is 3. The fourth-order valence-electron chi connectivity index (χ4n) is 3.57. The zero-order chi connectivity index (χ0) is 20.9. The van der Waals surface area contributed by atoms with Crippen molar-refractivity contribution in [1.29, 1.82) is 0 Å². The number of hydrogen-bond acceptors (Lipinski definition) is 3. The number of imidazole rings is 1. The lowest BCUT2D eigenvalue weighted by molar-refractivity contribution is 0.0949. The lowest BCUT2D eigenvalue weighted by Crippen LogP contribution is -2.25. The number of carbonyl (C=O) groups is 1. The maximum atomic E-state index is 12.4. The van der Waals surface area contributed by atoms with Gasteiger partial charge in [-0.15, -0.1) is 0 Å². The Kier molecular flexibility index (Phi) is 5.80. The number of para-hydroxylation sites is 2. The predicted octanol–water partition coefficient (Wildman–Crippen LogP) is 4.66. The van der Waals surface area contributed by atoms with Crippen molar-refractivity contribution in [2.75, 3.05) is 6.61 Å². The van der Waals surface area contributed by atoms with E-state index in [0.29, 0.717) is 25.3 Å². The Bertz CT molecular complexity index is 1170. The highest BCUT2D eigenvalue weighted by Gasteiger charge is 2.12. The van der Waals surface area contributed by atoms with Gasteiger partial charge in [-0.3, -0.25) is 4.79 Å². The van der Waals surface area contributed by atoms with Gasteiger partial charge in [0.25, 0.3) is 5.91 Å². The summed E-state index contributed by atoms with van der Waals surface area (Å²) in [6, 6.07) is 23.4. The largest absolute Gasteiger partial charge is 0.491 e. The van der Waals surface area contributed by atoms with E-state index < -0.39 is 0 Å². The minimum Gasteiger partial charge on any atom is -0.491 e. The van der Waals surface area contributed by atoms with Crippen LogP contribution >= 0.6 is 0 Å². The lowest BCUT2D eigenvalue weighted by atomic mass is 10.1. The van der Waals surface area contributed by atoms with Crippen LogP contribution < -0.4 is 10.1 Å². The molecule has 5 nitrogen and oxygen atoms in total. The SMILES string of the molecule is Cc1ccc(OCCn2c(CNC(=O)c3ccccc3)nc3ccccc32)c(C)c1. The molecule has 1 amide bonds. The van der Waals surface area contributed by atoms with Crippen molar-refractivity contribution >= 4 is 16.9 Å². The molecule has 152 valence electrons. The number of aromatic nitrogens is 2. The van der Waals surface area contributed by atoms with Crippen LogP contribution in [0.1, 0.15) is 27.3 Å². The summed E-state index contributed by atoms with van der Waals surface area (Å²) in [6.45, 7) is 5.64. The molecule has 3 aromatic carbocycles. The summed E-state index contributed by atoms with van der Waals surface area (Å²) >= 11 is 0. The molecule has 30 heavy (non-hydrogen) atoms. The molecule has 0 unspecified atom stereocenters. The van der Waals surface area contributed by atoms with Gasteiger partial charge in [-0.2, -0.15) is 0 Å². The second kappa shape index (κ2) is 8.82. The number of nitrogens with one attached hydrogen (secondary N) is 1. The highest BCUT2D eigenvalue weighted by molar-refractivity contribution is 5.94. The van der Waals surface area contributed by atoms with Gasteiger partial charge in [0.1, 0.15) is 18.2 Å². The third-order valence-corrected chi connectivity index (χ3v) is 5.08. The molecular formula is C25H25N3O2. The molecule has 0 radical (unpaired) electrons. The van der Waals surface area contributed by atoms with Crippen molar-refractivity contribution in [3.8, 4) is 5.75 Å². The fourth-order valence-corrected chi connectivity index (χ4v) is 3.57. The van der Waals surface area contributed by atoms with Gasteiger partial charge in [0.05, 0.1) is 24.1 Å². The molecule has 1 aromatic heterocycles. The number of nitrogens with zero attached hydrogens (tertiary/aromatic N) is 2. The second-order valence-electron chi connectivity index (χ2n) is 7.33. The molecule has 1 heterocycles. The standard InChI is InChI=1S/C25H25N3O2/c1-18-12-13-23(19(2)16-18)30-15-14-28-22-11-7-6-10-21(22)27-24(28)17-26-25(29)20-8-4-3-5-9-20/h3-13,16H,14-15,17H2,1-2H3,(H,26,29). The van der Waals surface area contributed by atoms with Crippen LogP contribution in [0.3, 0.4) is 0 Å². The van der Waals surface area contributed by atoms with Gasteiger partial charge in [-0.25, -0.2) is 4.98 Å². The minimum absolute atomic E-state index is 0.110. The van der Waals surface area contributed by atoms with Crippen LogP contribution in [-0.2, 0) is 13.1 Å². The van der Waals surface area contributed by atoms with Crippen LogP contribution in [0, 0.1) is 13.8 Å². The molecule has 0 saturated carbocycles. The quantitative estimate of drug-likeness (QED) is 0.492. The van der Waals surface area contributed by atoms with Crippen molar-refractivity contribution in [2.45, 2.75) is 26.9 Å². The van der Waals surface area contributed by atoms with Crippen molar-refractivity contribution in [2.24, 2.45) is 0 Å². The van der Waals surface area contributed by atoms with Crippen molar-refractivity contribution in [3.63, 3.8) is 0 Å². The van der Waals surface area contributed by atoms with Crippen LogP contribution in [-0.4, -0.2) is 22.1 Å². The fraction of sp³-hybridized carbons (Fsp3) is 0.200. The van der Waals surface area contributed by atoms with Crippen LogP contribution in [0.2, 0.25) is 0 Å². The first-order chi connectivity index (χ1) is 14.6. The zero-order valence-corrected chi connectivity index (χ0v) is 17.3. The molecule has 5 heteroatoms. The van der Waals surface area contributed by atoms with Crippen molar-refractivity contribution in [3.05, 3.63) is 95.3 Å². The molecular weight excluding hydrogens is 374 g/mol. The summed E-state index contributed by atoms with van der Waals surface area (Å²) in [4.78, 5) is 17.2. The summed E-state index contributed by atoms with van der Waals surface area (Å²) in [6.07, 6.45) is 0. The smallest absolute Gasteiger partial charge is 0.251 e. The van der Waals surface area contributed by atoms with E-state index >= 15 is 0 Å². The average molecular weight is 399 g/mol. The van der Waals surface area contributed by atoms with Gasteiger partial charge in [0, 0.05) is 5.56 Å². The molecule has 0 aliphatic heterocycles. The maximum Gasteiger partial charge on any atom is 0.251 e. The Hall–Kier alpha value is -3.60. The molecule has 0 atom stereocenters. The van der Waals surface area contributed by atoms with Crippen LogP contribution in [0.4, 0.5) is 0 Å². The lowest BCUT2D eigenvalue weighted by Gasteiger charge is -2.13. The van der Waals surface area contributed by atoms with Gasteiger partial charge in [0.15, 0.2) is 0 Å². The molecule has 0 fully saturated rings. The van der Waals surface area contributed by atoms with E-state index in [0.717, 1.165) is 28.2 Å². The summed E-state index contributed by atoms with van der Waals surface area (Å²) < 4.78 is 8.14. The van der Waals surface area contributed by atoms with E-state index in [1.807, 2.05) is 48.5 Å². The topological polar surface area (TPSA) is 56.1 Å². The molecule has 4 rings (SSSR count). The van der Waals surface area contributed by atoms with Gasteiger partial charge in [-0.1, -0.05) is 48.0 Å². The Morgan fingerprint density at radius 2 is 1.77 bits per heavy atom. The molecule has 0 aliphatic carbocycles. The maximum absolute atomic E-state index is 12.4.